The Kier molecular flexibility index (Phi) is 6.01. The second-order valence-electron chi connectivity index (χ2n) is 5.69. The van der Waals surface area contributed by atoms with Gasteiger partial charge in [-0.05, 0) is 33.6 Å². The summed E-state index contributed by atoms with van der Waals surface area (Å²) < 4.78 is 36.5. The van der Waals surface area contributed by atoms with Gasteiger partial charge in [-0.3, -0.25) is 10.2 Å². The summed E-state index contributed by atoms with van der Waals surface area (Å²) in [5.41, 5.74) is 4.66. The fourth-order valence-corrected chi connectivity index (χ4v) is 4.54. The monoisotopic (exact) mass is 374 g/mol. The maximum Gasteiger partial charge on any atom is 0.426 e. The number of aromatic nitrogens is 1. The summed E-state index contributed by atoms with van der Waals surface area (Å²) in [6.07, 6.45) is 0.274. The zero-order chi connectivity index (χ0) is 18.6. The van der Waals surface area contributed by atoms with E-state index in [2.05, 4.69) is 20.7 Å². The first kappa shape index (κ1) is 19.2. The van der Waals surface area contributed by atoms with Crippen LogP contribution in [0.3, 0.4) is 0 Å². The second kappa shape index (κ2) is 7.83. The standard InChI is InChI=1S/C14H22N4O6S/c1-4-23-14(20)16-15-13(19)11-6-5-7-18(8-11)25(21,22)12-9(2)17-24-10(12)3/h11H,4-8H2,1-3H3,(H,15,19)(H,16,20). The Labute approximate surface area is 145 Å². The molecule has 2 rings (SSSR count). The quantitative estimate of drug-likeness (QED) is 0.732. The molecule has 2 amide bonds. The van der Waals surface area contributed by atoms with Gasteiger partial charge in [0.15, 0.2) is 5.76 Å². The first-order valence-electron chi connectivity index (χ1n) is 7.93. The highest BCUT2D eigenvalue weighted by Gasteiger charge is 2.36. The third-order valence-electron chi connectivity index (χ3n) is 3.88. The van der Waals surface area contributed by atoms with E-state index in [1.807, 2.05) is 0 Å². The van der Waals surface area contributed by atoms with Crippen LogP contribution in [0.1, 0.15) is 31.2 Å². The molecule has 0 spiro atoms. The zero-order valence-corrected chi connectivity index (χ0v) is 15.2. The molecule has 140 valence electrons. The number of rotatable bonds is 4. The number of aryl methyl sites for hydroxylation is 2. The number of amides is 2. The first-order valence-corrected chi connectivity index (χ1v) is 9.37. The van der Waals surface area contributed by atoms with Crippen LogP contribution in [0.2, 0.25) is 0 Å². The molecule has 1 atom stereocenters. The van der Waals surface area contributed by atoms with Crippen LogP contribution in [0.4, 0.5) is 4.79 Å². The molecule has 10 nitrogen and oxygen atoms in total. The van der Waals surface area contributed by atoms with Gasteiger partial charge in [-0.1, -0.05) is 5.16 Å². The van der Waals surface area contributed by atoms with E-state index < -0.39 is 27.9 Å². The van der Waals surface area contributed by atoms with Gasteiger partial charge >= 0.3 is 6.09 Å². The highest BCUT2D eigenvalue weighted by Crippen LogP contribution is 2.27. The van der Waals surface area contributed by atoms with Gasteiger partial charge in [0.1, 0.15) is 10.6 Å². The van der Waals surface area contributed by atoms with E-state index in [1.165, 1.54) is 11.2 Å². The van der Waals surface area contributed by atoms with Crippen molar-refractivity contribution in [1.29, 1.82) is 0 Å². The number of hydrazine groups is 1. The van der Waals surface area contributed by atoms with E-state index in [1.54, 1.807) is 13.8 Å². The van der Waals surface area contributed by atoms with E-state index in [-0.39, 0.29) is 29.5 Å². The lowest BCUT2D eigenvalue weighted by Gasteiger charge is -2.31. The van der Waals surface area contributed by atoms with Crippen LogP contribution in [0.5, 0.6) is 0 Å². The maximum absolute atomic E-state index is 12.8. The zero-order valence-electron chi connectivity index (χ0n) is 14.4. The van der Waals surface area contributed by atoms with Crippen molar-refractivity contribution in [2.45, 2.75) is 38.5 Å². The second-order valence-corrected chi connectivity index (χ2v) is 7.56. The van der Waals surface area contributed by atoms with Gasteiger partial charge in [0.2, 0.25) is 15.9 Å². The van der Waals surface area contributed by atoms with Crippen LogP contribution >= 0.6 is 0 Å². The van der Waals surface area contributed by atoms with Gasteiger partial charge in [-0.25, -0.2) is 18.6 Å². The number of sulfonamides is 1. The molecule has 0 bridgehead atoms. The van der Waals surface area contributed by atoms with Crippen molar-refractivity contribution in [2.75, 3.05) is 19.7 Å². The molecule has 11 heteroatoms. The smallest absolute Gasteiger partial charge is 0.426 e. The van der Waals surface area contributed by atoms with Crippen molar-refractivity contribution in [3.63, 3.8) is 0 Å². The summed E-state index contributed by atoms with van der Waals surface area (Å²) in [5.74, 6) is -0.828. The summed E-state index contributed by atoms with van der Waals surface area (Å²) >= 11 is 0. The topological polar surface area (TPSA) is 131 Å². The van der Waals surface area contributed by atoms with Gasteiger partial charge in [0, 0.05) is 13.1 Å². The molecule has 25 heavy (non-hydrogen) atoms. The Balaban J connectivity index is 2.05. The lowest BCUT2D eigenvalue weighted by molar-refractivity contribution is -0.127. The average molecular weight is 374 g/mol. The van der Waals surface area contributed by atoms with Crippen LogP contribution in [0, 0.1) is 19.8 Å². The maximum atomic E-state index is 12.8. The molecule has 1 aromatic rings. The van der Waals surface area contributed by atoms with E-state index in [0.717, 1.165) is 0 Å². The molecule has 1 aliphatic rings. The van der Waals surface area contributed by atoms with Crippen LogP contribution in [0.25, 0.3) is 0 Å². The van der Waals surface area contributed by atoms with Gasteiger partial charge in [0.05, 0.1) is 12.5 Å². The number of hydrogen-bond donors (Lipinski definition) is 2. The number of piperidine rings is 1. The molecule has 2 heterocycles. The highest BCUT2D eigenvalue weighted by molar-refractivity contribution is 7.89. The fourth-order valence-electron chi connectivity index (χ4n) is 2.73. The van der Waals surface area contributed by atoms with E-state index in [4.69, 9.17) is 4.52 Å². The van der Waals surface area contributed by atoms with E-state index >= 15 is 0 Å². The number of nitrogens with zero attached hydrogens (tertiary/aromatic N) is 2. The van der Waals surface area contributed by atoms with Crippen molar-refractivity contribution in [3.05, 3.63) is 11.5 Å². The van der Waals surface area contributed by atoms with Crippen molar-refractivity contribution in [2.24, 2.45) is 5.92 Å². The minimum absolute atomic E-state index is 0.0166. The lowest BCUT2D eigenvalue weighted by atomic mass is 9.99. The lowest BCUT2D eigenvalue weighted by Crippen LogP contribution is -2.50. The molecule has 0 radical (unpaired) electrons. The van der Waals surface area contributed by atoms with Crippen LogP contribution in [-0.4, -0.2) is 49.6 Å². The Bertz CT molecular complexity index is 725. The molecule has 1 fully saturated rings. The van der Waals surface area contributed by atoms with Crippen LogP contribution < -0.4 is 10.9 Å². The molecule has 1 aromatic heterocycles. The molecule has 2 N–H and O–H groups in total. The number of hydrogen-bond acceptors (Lipinski definition) is 7. The first-order chi connectivity index (χ1) is 11.8. The predicted molar refractivity (Wildman–Crippen MR) is 85.8 cm³/mol. The van der Waals surface area contributed by atoms with E-state index in [9.17, 15) is 18.0 Å². The molecule has 1 saturated heterocycles. The minimum Gasteiger partial charge on any atom is -0.449 e. The fraction of sp³-hybridized carbons (Fsp3) is 0.643. The van der Waals surface area contributed by atoms with Crippen molar-refractivity contribution in [1.82, 2.24) is 20.3 Å². The Morgan fingerprint density at radius 1 is 1.36 bits per heavy atom. The molecule has 0 aliphatic carbocycles. The minimum atomic E-state index is -3.80. The van der Waals surface area contributed by atoms with Gasteiger partial charge < -0.3 is 9.26 Å². The van der Waals surface area contributed by atoms with Gasteiger partial charge in [0.25, 0.3) is 0 Å². The molecule has 0 saturated carbocycles. The Morgan fingerprint density at radius 3 is 2.68 bits per heavy atom. The molecular weight excluding hydrogens is 352 g/mol. The number of carbonyl (C=O) groups excluding carboxylic acids is 2. The third kappa shape index (κ3) is 4.28. The summed E-state index contributed by atoms with van der Waals surface area (Å²) in [4.78, 5) is 23.4. The highest BCUT2D eigenvalue weighted by atomic mass is 32.2. The molecule has 1 unspecified atom stereocenters. The summed E-state index contributed by atoms with van der Waals surface area (Å²) in [7, 11) is -3.80. The van der Waals surface area contributed by atoms with Crippen LogP contribution in [-0.2, 0) is 19.6 Å². The normalized spacial score (nSPS) is 18.6. The van der Waals surface area contributed by atoms with Gasteiger partial charge in [-0.2, -0.15) is 4.31 Å². The number of carbonyl (C=O) groups is 2. The Morgan fingerprint density at radius 2 is 2.08 bits per heavy atom. The molecule has 0 aromatic carbocycles. The van der Waals surface area contributed by atoms with Crippen molar-refractivity contribution < 1.29 is 27.3 Å². The van der Waals surface area contributed by atoms with Gasteiger partial charge in [-0.15, -0.1) is 0 Å². The van der Waals surface area contributed by atoms with Crippen molar-refractivity contribution in [3.8, 4) is 0 Å². The summed E-state index contributed by atoms with van der Waals surface area (Å²) in [6, 6.07) is 0. The molecular formula is C14H22N4O6S. The average Bonchev–Trinajstić information content (AvgIpc) is 2.92. The summed E-state index contributed by atoms with van der Waals surface area (Å²) in [6.45, 7) is 5.23. The predicted octanol–water partition coefficient (Wildman–Crippen LogP) is 0.469. The Hall–Kier alpha value is -2.14. The van der Waals surface area contributed by atoms with E-state index in [0.29, 0.717) is 19.4 Å². The largest absolute Gasteiger partial charge is 0.449 e. The molecule has 1 aliphatic heterocycles. The SMILES string of the molecule is CCOC(=O)NNC(=O)C1CCCN(S(=O)(=O)c2c(C)noc2C)C1. The number of nitrogens with one attached hydrogen (secondary N) is 2. The number of ether oxygens (including phenoxy) is 1. The van der Waals surface area contributed by atoms with Crippen molar-refractivity contribution >= 4 is 22.0 Å². The summed E-state index contributed by atoms with van der Waals surface area (Å²) in [5, 5.41) is 3.68. The third-order valence-corrected chi connectivity index (χ3v) is 5.99. The van der Waals surface area contributed by atoms with Crippen LogP contribution in [0.15, 0.2) is 9.42 Å².